The van der Waals surface area contributed by atoms with Crippen LogP contribution in [0.1, 0.15) is 38.2 Å². The van der Waals surface area contributed by atoms with Gasteiger partial charge in [-0.05, 0) is 43.6 Å². The summed E-state index contributed by atoms with van der Waals surface area (Å²) in [5.74, 6) is -0.779. The van der Waals surface area contributed by atoms with Crippen LogP contribution in [0.2, 0.25) is 0 Å². The summed E-state index contributed by atoms with van der Waals surface area (Å²) in [6, 6.07) is 9.89. The molecular formula is C18H25NO4. The maximum atomic E-state index is 12.0. The van der Waals surface area contributed by atoms with E-state index in [1.54, 1.807) is 0 Å². The topological polar surface area (TPSA) is 75.6 Å². The van der Waals surface area contributed by atoms with Gasteiger partial charge in [0.1, 0.15) is 12.1 Å². The normalized spacial score (nSPS) is 24.1. The molecule has 0 spiro atoms. The molecule has 23 heavy (non-hydrogen) atoms. The molecule has 1 saturated carbocycles. The Bertz CT molecular complexity index is 521. The molecule has 0 radical (unpaired) electrons. The van der Waals surface area contributed by atoms with Crippen LogP contribution in [0, 0.1) is 5.92 Å². The number of ether oxygens (including phenoxy) is 1. The highest BCUT2D eigenvalue weighted by Crippen LogP contribution is 2.32. The van der Waals surface area contributed by atoms with Crippen molar-refractivity contribution < 1.29 is 19.4 Å². The third-order valence-electron chi connectivity index (χ3n) is 4.53. The van der Waals surface area contributed by atoms with E-state index < -0.39 is 11.5 Å². The second-order valence-corrected chi connectivity index (χ2v) is 6.41. The SMILES string of the molecule is CC1CCC(NC(=O)COCCc2ccccc2)(C(=O)O)CC1. The van der Waals surface area contributed by atoms with E-state index in [0.717, 1.165) is 24.8 Å². The van der Waals surface area contributed by atoms with Crippen molar-refractivity contribution in [3.05, 3.63) is 35.9 Å². The smallest absolute Gasteiger partial charge is 0.329 e. The number of carbonyl (C=O) groups excluding carboxylic acids is 1. The molecule has 1 aliphatic rings. The molecule has 1 aromatic carbocycles. The second-order valence-electron chi connectivity index (χ2n) is 6.41. The first-order chi connectivity index (χ1) is 11.0. The summed E-state index contributed by atoms with van der Waals surface area (Å²) in [5, 5.41) is 12.2. The Kier molecular flexibility index (Phi) is 6.16. The van der Waals surface area contributed by atoms with E-state index in [1.165, 1.54) is 0 Å². The van der Waals surface area contributed by atoms with Gasteiger partial charge in [-0.15, -0.1) is 0 Å². The fraction of sp³-hybridized carbons (Fsp3) is 0.556. The van der Waals surface area contributed by atoms with Crippen molar-refractivity contribution in [3.8, 4) is 0 Å². The van der Waals surface area contributed by atoms with Gasteiger partial charge in [-0.1, -0.05) is 37.3 Å². The molecule has 0 heterocycles. The highest BCUT2D eigenvalue weighted by Gasteiger charge is 2.42. The lowest BCUT2D eigenvalue weighted by Gasteiger charge is -2.36. The fourth-order valence-corrected chi connectivity index (χ4v) is 2.95. The van der Waals surface area contributed by atoms with Crippen molar-refractivity contribution >= 4 is 11.9 Å². The van der Waals surface area contributed by atoms with Crippen molar-refractivity contribution in [2.75, 3.05) is 13.2 Å². The van der Waals surface area contributed by atoms with Gasteiger partial charge in [0.05, 0.1) is 6.61 Å². The summed E-state index contributed by atoms with van der Waals surface area (Å²) in [4.78, 5) is 23.6. The van der Waals surface area contributed by atoms with E-state index in [1.807, 2.05) is 30.3 Å². The van der Waals surface area contributed by atoms with Crippen LogP contribution in [0.3, 0.4) is 0 Å². The standard InChI is InChI=1S/C18H25NO4/c1-14-7-10-18(11-8-14,17(21)22)19-16(20)13-23-12-9-15-5-3-2-4-6-15/h2-6,14H,7-13H2,1H3,(H,19,20)(H,21,22). The Morgan fingerprint density at radius 1 is 1.26 bits per heavy atom. The molecule has 1 fully saturated rings. The number of carboxylic acid groups (broad SMARTS) is 1. The summed E-state index contributed by atoms with van der Waals surface area (Å²) < 4.78 is 5.38. The number of carbonyl (C=O) groups is 2. The van der Waals surface area contributed by atoms with Gasteiger partial charge >= 0.3 is 5.97 Å². The van der Waals surface area contributed by atoms with Crippen LogP contribution in [0.5, 0.6) is 0 Å². The van der Waals surface area contributed by atoms with E-state index in [0.29, 0.717) is 25.4 Å². The minimum atomic E-state index is -1.12. The first-order valence-electron chi connectivity index (χ1n) is 8.18. The third kappa shape index (κ3) is 5.06. The monoisotopic (exact) mass is 319 g/mol. The zero-order valence-electron chi connectivity index (χ0n) is 13.6. The molecule has 0 aliphatic heterocycles. The first kappa shape index (κ1) is 17.5. The number of nitrogens with one attached hydrogen (secondary N) is 1. The molecule has 1 aliphatic carbocycles. The van der Waals surface area contributed by atoms with Gasteiger partial charge in [-0.3, -0.25) is 4.79 Å². The zero-order valence-corrected chi connectivity index (χ0v) is 13.6. The first-order valence-corrected chi connectivity index (χ1v) is 8.18. The Hall–Kier alpha value is -1.88. The number of amides is 1. The second kappa shape index (κ2) is 8.11. The van der Waals surface area contributed by atoms with Gasteiger partial charge < -0.3 is 15.2 Å². The number of aliphatic carboxylic acids is 1. The third-order valence-corrected chi connectivity index (χ3v) is 4.53. The lowest BCUT2D eigenvalue weighted by Crippen LogP contribution is -2.57. The fourth-order valence-electron chi connectivity index (χ4n) is 2.95. The van der Waals surface area contributed by atoms with Gasteiger partial charge in [0.2, 0.25) is 5.91 Å². The Morgan fingerprint density at radius 2 is 1.91 bits per heavy atom. The summed E-state index contributed by atoms with van der Waals surface area (Å²) in [6.07, 6.45) is 3.34. The summed E-state index contributed by atoms with van der Waals surface area (Å²) in [5.41, 5.74) is 0.0306. The summed E-state index contributed by atoms with van der Waals surface area (Å²) in [7, 11) is 0. The highest BCUT2D eigenvalue weighted by atomic mass is 16.5. The predicted molar refractivity (Wildman–Crippen MR) is 87.1 cm³/mol. The van der Waals surface area contributed by atoms with E-state index in [2.05, 4.69) is 12.2 Å². The number of hydrogen-bond acceptors (Lipinski definition) is 3. The Morgan fingerprint density at radius 3 is 2.52 bits per heavy atom. The maximum Gasteiger partial charge on any atom is 0.329 e. The predicted octanol–water partition coefficient (Wildman–Crippen LogP) is 2.40. The van der Waals surface area contributed by atoms with Crippen LogP contribution in [0.4, 0.5) is 0 Å². The number of carboxylic acids is 1. The molecule has 5 nitrogen and oxygen atoms in total. The van der Waals surface area contributed by atoms with Crippen molar-refractivity contribution in [2.24, 2.45) is 5.92 Å². The molecule has 2 rings (SSSR count). The molecular weight excluding hydrogens is 294 g/mol. The van der Waals surface area contributed by atoms with Crippen LogP contribution in [-0.2, 0) is 20.7 Å². The average molecular weight is 319 g/mol. The van der Waals surface area contributed by atoms with Gasteiger partial charge in [0, 0.05) is 0 Å². The average Bonchev–Trinajstić information content (AvgIpc) is 2.55. The van der Waals surface area contributed by atoms with E-state index in [-0.39, 0.29) is 12.5 Å². The Labute approximate surface area is 137 Å². The molecule has 0 bridgehead atoms. The van der Waals surface area contributed by atoms with Crippen molar-refractivity contribution in [3.63, 3.8) is 0 Å². The van der Waals surface area contributed by atoms with Crippen LogP contribution in [-0.4, -0.2) is 35.7 Å². The minimum absolute atomic E-state index is 0.0998. The molecule has 5 heteroatoms. The quantitative estimate of drug-likeness (QED) is 0.757. The molecule has 126 valence electrons. The number of hydrogen-bond donors (Lipinski definition) is 2. The van der Waals surface area contributed by atoms with Gasteiger partial charge in [-0.2, -0.15) is 0 Å². The molecule has 0 unspecified atom stereocenters. The van der Waals surface area contributed by atoms with Gasteiger partial charge in [-0.25, -0.2) is 4.79 Å². The number of rotatable bonds is 7. The van der Waals surface area contributed by atoms with Crippen LogP contribution in [0.25, 0.3) is 0 Å². The highest BCUT2D eigenvalue weighted by molar-refractivity contribution is 5.87. The number of benzene rings is 1. The summed E-state index contributed by atoms with van der Waals surface area (Å²) >= 11 is 0. The molecule has 0 atom stereocenters. The minimum Gasteiger partial charge on any atom is -0.480 e. The van der Waals surface area contributed by atoms with E-state index >= 15 is 0 Å². The van der Waals surface area contributed by atoms with Crippen molar-refractivity contribution in [2.45, 2.75) is 44.6 Å². The van der Waals surface area contributed by atoms with Crippen molar-refractivity contribution in [1.82, 2.24) is 5.32 Å². The van der Waals surface area contributed by atoms with Gasteiger partial charge in [0.15, 0.2) is 0 Å². The molecule has 2 N–H and O–H groups in total. The van der Waals surface area contributed by atoms with E-state index in [9.17, 15) is 14.7 Å². The van der Waals surface area contributed by atoms with Crippen LogP contribution in [0.15, 0.2) is 30.3 Å². The van der Waals surface area contributed by atoms with Gasteiger partial charge in [0.25, 0.3) is 0 Å². The van der Waals surface area contributed by atoms with Crippen molar-refractivity contribution in [1.29, 1.82) is 0 Å². The molecule has 1 amide bonds. The van der Waals surface area contributed by atoms with Crippen LogP contribution >= 0.6 is 0 Å². The lowest BCUT2D eigenvalue weighted by atomic mass is 9.77. The van der Waals surface area contributed by atoms with Crippen LogP contribution < -0.4 is 5.32 Å². The maximum absolute atomic E-state index is 12.0. The largest absolute Gasteiger partial charge is 0.480 e. The summed E-state index contributed by atoms with van der Waals surface area (Å²) in [6.45, 7) is 2.45. The molecule has 0 aromatic heterocycles. The van der Waals surface area contributed by atoms with E-state index in [4.69, 9.17) is 4.74 Å². The molecule has 0 saturated heterocycles. The Balaban J connectivity index is 1.75. The molecule has 1 aromatic rings. The lowest BCUT2D eigenvalue weighted by molar-refractivity contribution is -0.150. The zero-order chi connectivity index (χ0) is 16.7.